The maximum absolute atomic E-state index is 12.2. The van der Waals surface area contributed by atoms with Gasteiger partial charge in [-0.05, 0) is 17.5 Å². The number of carbonyl (C=O) groups is 1. The largest absolute Gasteiger partial charge is 0.454 e. The molecule has 0 spiro atoms. The molecular weight excluding hydrogens is 278 g/mol. The number of hydrogen-bond acceptors (Lipinski definition) is 4. The van der Waals surface area contributed by atoms with Gasteiger partial charge in [0.15, 0.2) is 0 Å². The van der Waals surface area contributed by atoms with Gasteiger partial charge in [-0.3, -0.25) is 4.79 Å². The summed E-state index contributed by atoms with van der Waals surface area (Å²) < 4.78 is 5.67. The Kier molecular flexibility index (Phi) is 4.22. The first-order valence-electron chi connectivity index (χ1n) is 7.50. The Morgan fingerprint density at radius 3 is 2.09 bits per heavy atom. The summed E-state index contributed by atoms with van der Waals surface area (Å²) in [4.78, 5) is 12.2. The van der Waals surface area contributed by atoms with Crippen LogP contribution in [0.3, 0.4) is 0 Å². The Morgan fingerprint density at radius 1 is 1.00 bits per heavy atom. The molecule has 4 nitrogen and oxygen atoms in total. The number of ether oxygens (including phenoxy) is 1. The van der Waals surface area contributed by atoms with Crippen molar-refractivity contribution in [2.75, 3.05) is 0 Å². The van der Waals surface area contributed by atoms with Crippen LogP contribution in [-0.4, -0.2) is 22.3 Å². The second-order valence-electron chi connectivity index (χ2n) is 5.43. The molecular formula is C18H19NO3. The molecule has 2 aromatic carbocycles. The zero-order valence-electron chi connectivity index (χ0n) is 12.4. The lowest BCUT2D eigenvalue weighted by atomic mass is 9.92. The van der Waals surface area contributed by atoms with Crippen LogP contribution in [0.15, 0.2) is 60.7 Å². The number of esters is 1. The average Bonchev–Trinajstić information content (AvgIpc) is 2.56. The predicted octanol–water partition coefficient (Wildman–Crippen LogP) is 3.50. The third-order valence-corrected chi connectivity index (χ3v) is 4.06. The number of rotatable bonds is 3. The van der Waals surface area contributed by atoms with Gasteiger partial charge in [0.05, 0.1) is 0 Å². The molecule has 1 aliphatic heterocycles. The lowest BCUT2D eigenvalue weighted by molar-refractivity contribution is -0.238. The van der Waals surface area contributed by atoms with Crippen molar-refractivity contribution < 1.29 is 14.7 Å². The predicted molar refractivity (Wildman–Crippen MR) is 82.2 cm³/mol. The van der Waals surface area contributed by atoms with E-state index in [0.717, 1.165) is 16.2 Å². The van der Waals surface area contributed by atoms with Gasteiger partial charge in [0.25, 0.3) is 0 Å². The minimum Gasteiger partial charge on any atom is -0.454 e. The van der Waals surface area contributed by atoms with Gasteiger partial charge in [-0.25, -0.2) is 0 Å². The topological polar surface area (TPSA) is 49.8 Å². The number of morpholine rings is 1. The van der Waals surface area contributed by atoms with Crippen LogP contribution in [0.5, 0.6) is 0 Å². The van der Waals surface area contributed by atoms with Crippen molar-refractivity contribution in [3.05, 3.63) is 71.8 Å². The zero-order chi connectivity index (χ0) is 15.5. The summed E-state index contributed by atoms with van der Waals surface area (Å²) in [5.74, 6) is -0.383. The molecule has 0 bridgehead atoms. The lowest BCUT2D eigenvalue weighted by Gasteiger charge is -2.41. The molecule has 0 unspecified atom stereocenters. The fourth-order valence-corrected chi connectivity index (χ4v) is 2.93. The molecule has 1 saturated heterocycles. The Hall–Kier alpha value is -2.17. The molecule has 0 radical (unpaired) electrons. The molecule has 0 aromatic heterocycles. The SMILES string of the molecule is CC[C@@H]1C(=O)O[C@@H](c2ccccc2)[C@@H](c2ccccc2)N1O. The van der Waals surface area contributed by atoms with Crippen LogP contribution in [0.1, 0.15) is 36.6 Å². The summed E-state index contributed by atoms with van der Waals surface area (Å²) in [6, 6.07) is 18.1. The van der Waals surface area contributed by atoms with Crippen LogP contribution in [0.2, 0.25) is 0 Å². The second kappa shape index (κ2) is 6.30. The number of benzene rings is 2. The Morgan fingerprint density at radius 2 is 1.55 bits per heavy atom. The van der Waals surface area contributed by atoms with Crippen LogP contribution in [-0.2, 0) is 9.53 Å². The molecule has 3 rings (SSSR count). The monoisotopic (exact) mass is 297 g/mol. The minimum absolute atomic E-state index is 0.383. The van der Waals surface area contributed by atoms with Crippen molar-refractivity contribution in [1.29, 1.82) is 0 Å². The highest BCUT2D eigenvalue weighted by atomic mass is 16.6. The van der Waals surface area contributed by atoms with E-state index in [0.29, 0.717) is 6.42 Å². The number of carbonyl (C=O) groups excluding carboxylic acids is 1. The Bertz CT molecular complexity index is 629. The molecule has 1 N–H and O–H groups in total. The molecule has 3 atom stereocenters. The van der Waals surface area contributed by atoms with Gasteiger partial charge in [-0.2, -0.15) is 5.06 Å². The van der Waals surface area contributed by atoms with Gasteiger partial charge < -0.3 is 9.94 Å². The molecule has 0 amide bonds. The van der Waals surface area contributed by atoms with E-state index < -0.39 is 18.2 Å². The first kappa shape index (κ1) is 14.8. The quantitative estimate of drug-likeness (QED) is 0.881. The van der Waals surface area contributed by atoms with Crippen LogP contribution >= 0.6 is 0 Å². The summed E-state index contributed by atoms with van der Waals surface area (Å²) >= 11 is 0. The standard InChI is InChI=1S/C18H19NO3/c1-2-15-18(20)22-17(14-11-7-4-8-12-14)16(19(15)21)13-9-5-3-6-10-13/h3-12,15-17,21H,2H2,1H3/t15-,16-,17+/m1/s1. The van der Waals surface area contributed by atoms with Crippen LogP contribution in [0, 0.1) is 0 Å². The number of cyclic esters (lactones) is 1. The van der Waals surface area contributed by atoms with E-state index in [4.69, 9.17) is 4.74 Å². The number of nitrogens with zero attached hydrogens (tertiary/aromatic N) is 1. The molecule has 1 aliphatic rings. The summed E-state index contributed by atoms with van der Waals surface area (Å²) in [7, 11) is 0. The number of hydroxylamine groups is 2. The maximum atomic E-state index is 12.2. The van der Waals surface area contributed by atoms with E-state index in [1.165, 1.54) is 0 Å². The van der Waals surface area contributed by atoms with E-state index in [1.54, 1.807) is 0 Å². The van der Waals surface area contributed by atoms with Crippen molar-refractivity contribution in [1.82, 2.24) is 5.06 Å². The average molecular weight is 297 g/mol. The van der Waals surface area contributed by atoms with Crippen molar-refractivity contribution in [3.63, 3.8) is 0 Å². The smallest absolute Gasteiger partial charge is 0.326 e. The molecule has 4 heteroatoms. The molecule has 114 valence electrons. The van der Waals surface area contributed by atoms with Crippen molar-refractivity contribution in [3.8, 4) is 0 Å². The highest BCUT2D eigenvalue weighted by molar-refractivity contribution is 5.77. The highest BCUT2D eigenvalue weighted by Gasteiger charge is 2.44. The van der Waals surface area contributed by atoms with Crippen LogP contribution in [0.25, 0.3) is 0 Å². The Balaban J connectivity index is 2.04. The molecule has 1 fully saturated rings. The van der Waals surface area contributed by atoms with Gasteiger partial charge in [0.1, 0.15) is 18.2 Å². The molecule has 0 saturated carbocycles. The Labute approximate surface area is 129 Å². The highest BCUT2D eigenvalue weighted by Crippen LogP contribution is 2.41. The minimum atomic E-state index is -0.634. The van der Waals surface area contributed by atoms with Crippen molar-refractivity contribution in [2.24, 2.45) is 0 Å². The fraction of sp³-hybridized carbons (Fsp3) is 0.278. The van der Waals surface area contributed by atoms with Crippen LogP contribution < -0.4 is 0 Å². The molecule has 0 aliphatic carbocycles. The molecule has 22 heavy (non-hydrogen) atoms. The van der Waals surface area contributed by atoms with E-state index in [-0.39, 0.29) is 5.97 Å². The van der Waals surface area contributed by atoms with Crippen LogP contribution in [0.4, 0.5) is 0 Å². The first-order chi connectivity index (χ1) is 10.7. The van der Waals surface area contributed by atoms with Gasteiger partial charge in [0, 0.05) is 0 Å². The van der Waals surface area contributed by atoms with E-state index in [9.17, 15) is 10.0 Å². The van der Waals surface area contributed by atoms with Gasteiger partial charge >= 0.3 is 5.97 Å². The summed E-state index contributed by atoms with van der Waals surface area (Å²) in [5.41, 5.74) is 1.79. The summed E-state index contributed by atoms with van der Waals surface area (Å²) in [5, 5.41) is 11.8. The summed E-state index contributed by atoms with van der Waals surface area (Å²) in [6.07, 6.45) is -0.0240. The van der Waals surface area contributed by atoms with E-state index >= 15 is 0 Å². The number of hydrogen-bond donors (Lipinski definition) is 1. The molecule has 2 aromatic rings. The summed E-state index contributed by atoms with van der Waals surface area (Å²) in [6.45, 7) is 1.86. The zero-order valence-corrected chi connectivity index (χ0v) is 12.4. The third-order valence-electron chi connectivity index (χ3n) is 4.06. The fourth-order valence-electron chi connectivity index (χ4n) is 2.93. The first-order valence-corrected chi connectivity index (χ1v) is 7.50. The maximum Gasteiger partial charge on any atom is 0.326 e. The van der Waals surface area contributed by atoms with Crippen molar-refractivity contribution in [2.45, 2.75) is 31.5 Å². The second-order valence-corrected chi connectivity index (χ2v) is 5.43. The van der Waals surface area contributed by atoms with E-state index in [2.05, 4.69) is 0 Å². The normalized spacial score (nSPS) is 25.7. The third kappa shape index (κ3) is 2.63. The van der Waals surface area contributed by atoms with E-state index in [1.807, 2.05) is 67.6 Å². The van der Waals surface area contributed by atoms with Gasteiger partial charge in [-0.1, -0.05) is 67.6 Å². The van der Waals surface area contributed by atoms with Gasteiger partial charge in [-0.15, -0.1) is 0 Å². The van der Waals surface area contributed by atoms with Gasteiger partial charge in [0.2, 0.25) is 0 Å². The molecule has 1 heterocycles. The van der Waals surface area contributed by atoms with Crippen molar-refractivity contribution >= 4 is 5.97 Å². The lowest BCUT2D eigenvalue weighted by Crippen LogP contribution is -2.49.